The van der Waals surface area contributed by atoms with E-state index < -0.39 is 0 Å². The third-order valence-corrected chi connectivity index (χ3v) is 5.38. The summed E-state index contributed by atoms with van der Waals surface area (Å²) in [6.45, 7) is 1.65. The standard InChI is InChI=1S/C25H34N8O2/c1-31(2)13-14-33(5)22-16-23(35-6)21(15-20(22)27-17-34)29-25-26-12-11-24(30-25)28-18-7-9-19(10-8-18)32(3)4/h7-12,15-17H,13-14H2,1-6H3,(H,27,34)(H2,26,28,29,30). The number of rotatable bonds is 12. The van der Waals surface area contributed by atoms with Gasteiger partial charge in [0, 0.05) is 57.9 Å². The Balaban J connectivity index is 1.83. The molecule has 10 heteroatoms. The highest BCUT2D eigenvalue weighted by Crippen LogP contribution is 2.37. The van der Waals surface area contributed by atoms with E-state index in [0.29, 0.717) is 35.3 Å². The Bertz CT molecular complexity index is 1120. The Kier molecular flexibility index (Phi) is 8.69. The lowest BCUT2D eigenvalue weighted by atomic mass is 10.2. The van der Waals surface area contributed by atoms with Crippen LogP contribution in [0.3, 0.4) is 0 Å². The molecule has 1 aromatic heterocycles. The molecule has 3 N–H and O–H groups in total. The first kappa shape index (κ1) is 25.6. The first-order valence-electron chi connectivity index (χ1n) is 11.2. The molecule has 0 saturated heterocycles. The zero-order valence-electron chi connectivity index (χ0n) is 21.2. The molecule has 0 atom stereocenters. The first-order valence-corrected chi connectivity index (χ1v) is 11.2. The van der Waals surface area contributed by atoms with Crippen LogP contribution in [0.4, 0.5) is 40.2 Å². The summed E-state index contributed by atoms with van der Waals surface area (Å²) in [5.74, 6) is 1.64. The van der Waals surface area contributed by atoms with Crippen molar-refractivity contribution in [2.24, 2.45) is 0 Å². The van der Waals surface area contributed by atoms with Crippen LogP contribution in [-0.4, -0.2) is 76.7 Å². The molecule has 3 aromatic rings. The van der Waals surface area contributed by atoms with Gasteiger partial charge in [0.1, 0.15) is 11.6 Å². The van der Waals surface area contributed by atoms with Crippen LogP contribution in [0.25, 0.3) is 0 Å². The number of amides is 1. The Hall–Kier alpha value is -4.05. The molecule has 1 heterocycles. The third-order valence-electron chi connectivity index (χ3n) is 5.38. The second kappa shape index (κ2) is 11.9. The normalized spacial score (nSPS) is 10.6. The van der Waals surface area contributed by atoms with Gasteiger partial charge in [-0.25, -0.2) is 4.98 Å². The summed E-state index contributed by atoms with van der Waals surface area (Å²) in [5.41, 5.74) is 4.16. The van der Waals surface area contributed by atoms with Crippen molar-refractivity contribution in [1.82, 2.24) is 14.9 Å². The summed E-state index contributed by atoms with van der Waals surface area (Å²) in [5, 5.41) is 9.30. The molecule has 0 fully saturated rings. The van der Waals surface area contributed by atoms with Gasteiger partial charge in [0.15, 0.2) is 0 Å². The van der Waals surface area contributed by atoms with Crippen LogP contribution in [0.1, 0.15) is 0 Å². The average Bonchev–Trinajstić information content (AvgIpc) is 2.83. The summed E-state index contributed by atoms with van der Waals surface area (Å²) in [4.78, 5) is 26.4. The summed E-state index contributed by atoms with van der Waals surface area (Å²) >= 11 is 0. The second-order valence-electron chi connectivity index (χ2n) is 8.51. The van der Waals surface area contributed by atoms with E-state index in [-0.39, 0.29) is 0 Å². The lowest BCUT2D eigenvalue weighted by Gasteiger charge is -2.25. The molecule has 10 nitrogen and oxygen atoms in total. The van der Waals surface area contributed by atoms with Crippen LogP contribution < -0.4 is 30.5 Å². The van der Waals surface area contributed by atoms with Gasteiger partial charge in [0.25, 0.3) is 0 Å². The van der Waals surface area contributed by atoms with E-state index in [0.717, 1.165) is 30.2 Å². The van der Waals surface area contributed by atoms with Crippen molar-refractivity contribution in [2.45, 2.75) is 0 Å². The van der Waals surface area contributed by atoms with Gasteiger partial charge in [-0.1, -0.05) is 0 Å². The quantitative estimate of drug-likeness (QED) is 0.337. The fourth-order valence-corrected chi connectivity index (χ4v) is 3.40. The fraction of sp³-hybridized carbons (Fsp3) is 0.320. The van der Waals surface area contributed by atoms with E-state index in [9.17, 15) is 4.79 Å². The maximum absolute atomic E-state index is 11.3. The van der Waals surface area contributed by atoms with Crippen LogP contribution in [0.5, 0.6) is 5.75 Å². The molecule has 0 spiro atoms. The first-order chi connectivity index (χ1) is 16.8. The molecular formula is C25H34N8O2. The number of nitrogens with one attached hydrogen (secondary N) is 3. The zero-order chi connectivity index (χ0) is 25.4. The number of hydrogen-bond acceptors (Lipinski definition) is 9. The van der Waals surface area contributed by atoms with Gasteiger partial charge in [0.2, 0.25) is 12.4 Å². The third kappa shape index (κ3) is 6.97. The van der Waals surface area contributed by atoms with Crippen molar-refractivity contribution >= 4 is 46.6 Å². The van der Waals surface area contributed by atoms with Crippen molar-refractivity contribution in [3.8, 4) is 5.75 Å². The topological polar surface area (TPSA) is 97.9 Å². The summed E-state index contributed by atoms with van der Waals surface area (Å²) in [6, 6.07) is 13.6. The van der Waals surface area contributed by atoms with E-state index in [2.05, 4.69) is 35.7 Å². The van der Waals surface area contributed by atoms with E-state index in [1.165, 1.54) is 0 Å². The minimum atomic E-state index is 0.393. The van der Waals surface area contributed by atoms with Gasteiger partial charge in [-0.05, 0) is 50.5 Å². The molecule has 0 bridgehead atoms. The van der Waals surface area contributed by atoms with Crippen molar-refractivity contribution < 1.29 is 9.53 Å². The number of anilines is 7. The number of carbonyl (C=O) groups excluding carboxylic acids is 1. The van der Waals surface area contributed by atoms with Crippen LogP contribution in [0, 0.1) is 0 Å². The molecule has 0 aliphatic heterocycles. The highest BCUT2D eigenvalue weighted by molar-refractivity contribution is 5.87. The van der Waals surface area contributed by atoms with Crippen LogP contribution >= 0.6 is 0 Å². The molecule has 0 saturated carbocycles. The van der Waals surface area contributed by atoms with Crippen molar-refractivity contribution in [3.05, 3.63) is 48.7 Å². The molecule has 35 heavy (non-hydrogen) atoms. The maximum Gasteiger partial charge on any atom is 0.229 e. The predicted octanol–water partition coefficient (Wildman–Crippen LogP) is 3.60. The van der Waals surface area contributed by atoms with Gasteiger partial charge >= 0.3 is 0 Å². The molecule has 0 radical (unpaired) electrons. The van der Waals surface area contributed by atoms with E-state index in [1.807, 2.05) is 76.5 Å². The number of hydrogen-bond donors (Lipinski definition) is 3. The van der Waals surface area contributed by atoms with Gasteiger partial charge < -0.3 is 35.4 Å². The van der Waals surface area contributed by atoms with Crippen molar-refractivity contribution in [2.75, 3.05) is 81.2 Å². The summed E-state index contributed by atoms with van der Waals surface area (Å²) in [7, 11) is 11.6. The molecule has 0 aliphatic rings. The minimum Gasteiger partial charge on any atom is -0.494 e. The molecule has 186 valence electrons. The van der Waals surface area contributed by atoms with Crippen LogP contribution in [-0.2, 0) is 4.79 Å². The second-order valence-corrected chi connectivity index (χ2v) is 8.51. The van der Waals surface area contributed by atoms with Crippen LogP contribution in [0.15, 0.2) is 48.7 Å². The van der Waals surface area contributed by atoms with Crippen molar-refractivity contribution in [3.63, 3.8) is 0 Å². The monoisotopic (exact) mass is 478 g/mol. The van der Waals surface area contributed by atoms with Crippen molar-refractivity contribution in [1.29, 1.82) is 0 Å². The number of carbonyl (C=O) groups is 1. The Morgan fingerprint density at radius 2 is 1.69 bits per heavy atom. The summed E-state index contributed by atoms with van der Waals surface area (Å²) < 4.78 is 5.63. The smallest absolute Gasteiger partial charge is 0.229 e. The van der Waals surface area contributed by atoms with Crippen LogP contribution in [0.2, 0.25) is 0 Å². The predicted molar refractivity (Wildman–Crippen MR) is 144 cm³/mol. The van der Waals surface area contributed by atoms with E-state index in [1.54, 1.807) is 19.4 Å². The molecular weight excluding hydrogens is 444 g/mol. The highest BCUT2D eigenvalue weighted by atomic mass is 16.5. The molecule has 2 aromatic carbocycles. The Labute approximate surface area is 206 Å². The number of methoxy groups -OCH3 is 1. The Morgan fingerprint density at radius 1 is 0.943 bits per heavy atom. The molecule has 0 unspecified atom stereocenters. The lowest BCUT2D eigenvalue weighted by Crippen LogP contribution is -2.29. The van der Waals surface area contributed by atoms with Gasteiger partial charge in [-0.15, -0.1) is 0 Å². The number of ether oxygens (including phenoxy) is 1. The lowest BCUT2D eigenvalue weighted by molar-refractivity contribution is -0.105. The summed E-state index contributed by atoms with van der Waals surface area (Å²) in [6.07, 6.45) is 2.34. The average molecular weight is 479 g/mol. The largest absolute Gasteiger partial charge is 0.494 e. The number of likely N-dealkylation sites (N-methyl/N-ethyl adjacent to an activating group) is 2. The van der Waals surface area contributed by atoms with Gasteiger partial charge in [-0.2, -0.15) is 4.98 Å². The maximum atomic E-state index is 11.3. The van der Waals surface area contributed by atoms with E-state index >= 15 is 0 Å². The SMILES string of the molecule is COc1cc(N(C)CCN(C)C)c(NC=O)cc1Nc1nccc(Nc2ccc(N(C)C)cc2)n1. The minimum absolute atomic E-state index is 0.393. The highest BCUT2D eigenvalue weighted by Gasteiger charge is 2.15. The van der Waals surface area contributed by atoms with E-state index in [4.69, 9.17) is 4.74 Å². The number of nitrogens with zero attached hydrogens (tertiary/aromatic N) is 5. The zero-order valence-corrected chi connectivity index (χ0v) is 21.2. The van der Waals surface area contributed by atoms with Gasteiger partial charge in [0.05, 0.1) is 24.2 Å². The molecule has 0 aliphatic carbocycles. The Morgan fingerprint density at radius 3 is 2.31 bits per heavy atom. The number of benzene rings is 2. The molecule has 1 amide bonds. The van der Waals surface area contributed by atoms with Gasteiger partial charge in [-0.3, -0.25) is 4.79 Å². The molecule has 3 rings (SSSR count). The number of aromatic nitrogens is 2. The fourth-order valence-electron chi connectivity index (χ4n) is 3.40.